The SMILES string of the molecule is CC1=NNC(=O)C1c1ccccc1CN. The molecule has 0 aliphatic carbocycles. The summed E-state index contributed by atoms with van der Waals surface area (Å²) in [6, 6.07) is 7.70. The number of hydrogen-bond donors (Lipinski definition) is 2. The summed E-state index contributed by atoms with van der Waals surface area (Å²) in [7, 11) is 0. The Morgan fingerprint density at radius 3 is 2.80 bits per heavy atom. The first kappa shape index (κ1) is 9.86. The van der Waals surface area contributed by atoms with Crippen LogP contribution < -0.4 is 11.2 Å². The number of carbonyl (C=O) groups excluding carboxylic acids is 1. The third-order valence-corrected chi connectivity index (χ3v) is 2.61. The van der Waals surface area contributed by atoms with E-state index in [1.165, 1.54) is 0 Å². The molecule has 0 aromatic heterocycles. The summed E-state index contributed by atoms with van der Waals surface area (Å²) in [5.41, 5.74) is 10.9. The van der Waals surface area contributed by atoms with Gasteiger partial charge in [-0.15, -0.1) is 0 Å². The smallest absolute Gasteiger partial charge is 0.253 e. The molecule has 0 radical (unpaired) electrons. The van der Waals surface area contributed by atoms with E-state index in [9.17, 15) is 4.79 Å². The van der Waals surface area contributed by atoms with Gasteiger partial charge >= 0.3 is 0 Å². The number of hydrogen-bond acceptors (Lipinski definition) is 3. The molecule has 1 aliphatic heterocycles. The molecule has 4 heteroatoms. The van der Waals surface area contributed by atoms with Gasteiger partial charge in [-0.1, -0.05) is 24.3 Å². The Balaban J connectivity index is 2.45. The van der Waals surface area contributed by atoms with Crippen LogP contribution in [0.5, 0.6) is 0 Å². The van der Waals surface area contributed by atoms with Crippen LogP contribution in [0.2, 0.25) is 0 Å². The van der Waals surface area contributed by atoms with E-state index in [-0.39, 0.29) is 11.8 Å². The van der Waals surface area contributed by atoms with Crippen molar-refractivity contribution in [2.75, 3.05) is 0 Å². The maximum atomic E-state index is 11.6. The molecule has 1 unspecified atom stereocenters. The van der Waals surface area contributed by atoms with Crippen molar-refractivity contribution in [2.45, 2.75) is 19.4 Å². The number of amides is 1. The lowest BCUT2D eigenvalue weighted by molar-refractivity contribution is -0.120. The zero-order chi connectivity index (χ0) is 10.8. The van der Waals surface area contributed by atoms with Crippen LogP contribution in [0.4, 0.5) is 0 Å². The number of hydrazone groups is 1. The molecule has 1 aliphatic rings. The minimum Gasteiger partial charge on any atom is -0.326 e. The molecule has 2 rings (SSSR count). The predicted molar refractivity (Wildman–Crippen MR) is 58.3 cm³/mol. The molecular formula is C11H13N3O. The highest BCUT2D eigenvalue weighted by Crippen LogP contribution is 2.24. The van der Waals surface area contributed by atoms with Gasteiger partial charge in [0.1, 0.15) is 5.92 Å². The van der Waals surface area contributed by atoms with Crippen molar-refractivity contribution in [1.82, 2.24) is 5.43 Å². The van der Waals surface area contributed by atoms with Gasteiger partial charge < -0.3 is 5.73 Å². The Morgan fingerprint density at radius 2 is 2.20 bits per heavy atom. The van der Waals surface area contributed by atoms with Crippen molar-refractivity contribution in [2.24, 2.45) is 10.8 Å². The number of nitrogens with zero attached hydrogens (tertiary/aromatic N) is 1. The van der Waals surface area contributed by atoms with Gasteiger partial charge in [0, 0.05) is 6.54 Å². The average molecular weight is 203 g/mol. The van der Waals surface area contributed by atoms with Crippen molar-refractivity contribution in [3.63, 3.8) is 0 Å². The maximum absolute atomic E-state index is 11.6. The summed E-state index contributed by atoms with van der Waals surface area (Å²) < 4.78 is 0. The number of benzene rings is 1. The molecular weight excluding hydrogens is 190 g/mol. The molecule has 0 spiro atoms. The molecule has 1 aromatic rings. The Bertz CT molecular complexity index is 426. The molecule has 15 heavy (non-hydrogen) atoms. The molecule has 0 saturated carbocycles. The summed E-state index contributed by atoms with van der Waals surface area (Å²) in [5.74, 6) is -0.349. The fraction of sp³-hybridized carbons (Fsp3) is 0.273. The average Bonchev–Trinajstić information content (AvgIpc) is 2.59. The van der Waals surface area contributed by atoms with Gasteiger partial charge in [-0.05, 0) is 18.1 Å². The maximum Gasteiger partial charge on any atom is 0.253 e. The molecule has 0 fully saturated rings. The minimum absolute atomic E-state index is 0.0756. The zero-order valence-corrected chi connectivity index (χ0v) is 8.53. The largest absolute Gasteiger partial charge is 0.326 e. The molecule has 1 aromatic carbocycles. The number of nitrogens with two attached hydrogens (primary N) is 1. The Morgan fingerprint density at radius 1 is 1.47 bits per heavy atom. The van der Waals surface area contributed by atoms with Crippen LogP contribution in [0.25, 0.3) is 0 Å². The van der Waals surface area contributed by atoms with Crippen molar-refractivity contribution in [3.8, 4) is 0 Å². The van der Waals surface area contributed by atoms with Gasteiger partial charge in [-0.25, -0.2) is 5.43 Å². The number of nitrogens with one attached hydrogen (secondary N) is 1. The van der Waals surface area contributed by atoms with E-state index in [1.54, 1.807) is 0 Å². The molecule has 0 bridgehead atoms. The zero-order valence-electron chi connectivity index (χ0n) is 8.53. The van der Waals surface area contributed by atoms with E-state index in [0.717, 1.165) is 16.8 Å². The van der Waals surface area contributed by atoms with Crippen molar-refractivity contribution in [1.29, 1.82) is 0 Å². The summed E-state index contributed by atoms with van der Waals surface area (Å²) in [4.78, 5) is 11.6. The fourth-order valence-corrected chi connectivity index (χ4v) is 1.83. The van der Waals surface area contributed by atoms with Crippen LogP contribution in [0.15, 0.2) is 29.4 Å². The van der Waals surface area contributed by atoms with Crippen LogP contribution in [0, 0.1) is 0 Å². The van der Waals surface area contributed by atoms with Crippen LogP contribution >= 0.6 is 0 Å². The van der Waals surface area contributed by atoms with E-state index in [2.05, 4.69) is 10.5 Å². The second-order valence-electron chi connectivity index (χ2n) is 3.57. The lowest BCUT2D eigenvalue weighted by atomic mass is 9.91. The third kappa shape index (κ3) is 1.64. The highest BCUT2D eigenvalue weighted by Gasteiger charge is 2.29. The molecule has 0 saturated heterocycles. The minimum atomic E-state index is -0.273. The van der Waals surface area contributed by atoms with E-state index in [4.69, 9.17) is 5.73 Å². The van der Waals surface area contributed by atoms with Crippen molar-refractivity contribution in [3.05, 3.63) is 35.4 Å². The van der Waals surface area contributed by atoms with Gasteiger partial charge in [0.15, 0.2) is 0 Å². The Hall–Kier alpha value is -1.68. The lowest BCUT2D eigenvalue weighted by Gasteiger charge is -2.12. The molecule has 3 N–H and O–H groups in total. The second kappa shape index (κ2) is 3.82. The van der Waals surface area contributed by atoms with Gasteiger partial charge in [-0.3, -0.25) is 4.79 Å². The van der Waals surface area contributed by atoms with Gasteiger partial charge in [0.25, 0.3) is 5.91 Å². The highest BCUT2D eigenvalue weighted by atomic mass is 16.2. The Kier molecular flexibility index (Phi) is 2.51. The summed E-state index contributed by atoms with van der Waals surface area (Å²) >= 11 is 0. The molecule has 1 amide bonds. The number of carbonyl (C=O) groups is 1. The Labute approximate surface area is 88.2 Å². The van der Waals surface area contributed by atoms with Gasteiger partial charge in [-0.2, -0.15) is 5.10 Å². The lowest BCUT2D eigenvalue weighted by Crippen LogP contribution is -2.22. The van der Waals surface area contributed by atoms with Crippen molar-refractivity contribution < 1.29 is 4.79 Å². The normalized spacial score (nSPS) is 20.0. The van der Waals surface area contributed by atoms with Gasteiger partial charge in [0.2, 0.25) is 0 Å². The van der Waals surface area contributed by atoms with E-state index in [1.807, 2.05) is 31.2 Å². The van der Waals surface area contributed by atoms with Gasteiger partial charge in [0.05, 0.1) is 5.71 Å². The highest BCUT2D eigenvalue weighted by molar-refractivity contribution is 6.11. The fourth-order valence-electron chi connectivity index (χ4n) is 1.83. The number of rotatable bonds is 2. The molecule has 1 atom stereocenters. The monoisotopic (exact) mass is 203 g/mol. The van der Waals surface area contributed by atoms with Crippen molar-refractivity contribution >= 4 is 11.6 Å². The van der Waals surface area contributed by atoms with E-state index >= 15 is 0 Å². The molecule has 78 valence electrons. The van der Waals surface area contributed by atoms with Crippen LogP contribution in [-0.4, -0.2) is 11.6 Å². The molecule has 4 nitrogen and oxygen atoms in total. The first-order valence-electron chi connectivity index (χ1n) is 4.86. The standard InChI is InChI=1S/C11H13N3O/c1-7-10(11(15)14-13-7)9-5-3-2-4-8(9)6-12/h2-5,10H,6,12H2,1H3,(H,14,15). The van der Waals surface area contributed by atoms with Crippen LogP contribution in [-0.2, 0) is 11.3 Å². The topological polar surface area (TPSA) is 67.5 Å². The van der Waals surface area contributed by atoms with Crippen LogP contribution in [0.3, 0.4) is 0 Å². The van der Waals surface area contributed by atoms with E-state index < -0.39 is 0 Å². The first-order valence-corrected chi connectivity index (χ1v) is 4.86. The first-order chi connectivity index (χ1) is 7.24. The summed E-state index contributed by atoms with van der Waals surface area (Å²) in [5, 5.41) is 3.93. The van der Waals surface area contributed by atoms with Crippen LogP contribution in [0.1, 0.15) is 24.0 Å². The second-order valence-corrected chi connectivity index (χ2v) is 3.57. The summed E-state index contributed by atoms with van der Waals surface area (Å²) in [6.07, 6.45) is 0. The predicted octanol–water partition coefficient (Wildman–Crippen LogP) is 0.735. The van der Waals surface area contributed by atoms with E-state index in [0.29, 0.717) is 6.54 Å². The molecule has 1 heterocycles. The summed E-state index contributed by atoms with van der Waals surface area (Å²) in [6.45, 7) is 2.28. The quantitative estimate of drug-likeness (QED) is 0.744. The third-order valence-electron chi connectivity index (χ3n) is 2.61.